The Bertz CT molecular complexity index is 2700. The Labute approximate surface area is 427 Å². The molecule has 1 aliphatic carbocycles. The molecule has 6 aliphatic rings. The van der Waals surface area contributed by atoms with Crippen molar-refractivity contribution in [1.82, 2.24) is 30.0 Å². The van der Waals surface area contributed by atoms with Crippen LogP contribution < -0.4 is 25.9 Å². The van der Waals surface area contributed by atoms with Gasteiger partial charge in [0.1, 0.15) is 6.07 Å². The van der Waals surface area contributed by atoms with Gasteiger partial charge in [-0.05, 0) is 129 Å². The molecule has 0 radical (unpaired) electrons. The van der Waals surface area contributed by atoms with Gasteiger partial charge in [0, 0.05) is 131 Å². The molecule has 4 aromatic rings. The summed E-state index contributed by atoms with van der Waals surface area (Å²) >= 11 is 6.06. The lowest BCUT2D eigenvalue weighted by Crippen LogP contribution is -2.42. The van der Waals surface area contributed by atoms with Crippen molar-refractivity contribution in [3.8, 4) is 6.07 Å². The molecule has 17 heteroatoms. The highest BCUT2D eigenvalue weighted by molar-refractivity contribution is 6.32. The Kier molecular flexibility index (Phi) is 15.7. The second-order valence-corrected chi connectivity index (χ2v) is 20.9. The number of hydrogen-bond acceptors (Lipinski definition) is 10. The number of nitrogens with zero attached hydrogens (tertiary/aromatic N) is 9. The number of likely N-dealkylation sites (tertiary alicyclic amines) is 1. The molecule has 5 aliphatic heterocycles. The van der Waals surface area contributed by atoms with Crippen LogP contribution in [0.4, 0.5) is 31.7 Å². The predicted molar refractivity (Wildman–Crippen MR) is 278 cm³/mol. The molecule has 14 nitrogen and oxygen atoms in total. The van der Waals surface area contributed by atoms with Crippen molar-refractivity contribution in [2.45, 2.75) is 115 Å². The monoisotopic (exact) mass is 1000 g/mol. The van der Waals surface area contributed by atoms with E-state index >= 15 is 0 Å². The average Bonchev–Trinajstić information content (AvgIpc) is 4.01. The standard InChI is InChI=1S/C41H51F2N9O3.C14H17ClN2/c1-26(53)50-19-13-36-35(25-50)41(51-14-3-4-29-21-33(30-23-45-47(2)24-30)34(39(42)43)22-37(29)51)46-52(36)32-11-17-49(18-12-32)38(54)20-27-9-15-48(16-10-27)31-7-5-28(6-8-31)40(44)55;1-17(12-5-3-2-4-6-12)13-8-7-11(10-16)14(15)9-13/h5-8,21-22,24,27,32,39,45H,3-4,9-20,23,25H2,1-2H3,(H2,44,55);7-9,12H,2-6H2,1H3. The van der Waals surface area contributed by atoms with Crippen LogP contribution in [0.1, 0.15) is 134 Å². The molecule has 1 aromatic heterocycles. The third-order valence-corrected chi connectivity index (χ3v) is 16.3. The number of hydrogen-bond donors (Lipinski definition) is 2. The van der Waals surface area contributed by atoms with E-state index in [-0.39, 0.29) is 23.4 Å². The summed E-state index contributed by atoms with van der Waals surface area (Å²) < 4.78 is 31.5. The minimum Gasteiger partial charge on any atom is -0.372 e. The van der Waals surface area contributed by atoms with E-state index in [9.17, 15) is 23.2 Å². The van der Waals surface area contributed by atoms with E-state index < -0.39 is 12.3 Å². The van der Waals surface area contributed by atoms with Crippen LogP contribution in [0.25, 0.3) is 5.57 Å². The van der Waals surface area contributed by atoms with Gasteiger partial charge in [0.05, 0.1) is 23.2 Å². The zero-order chi connectivity index (χ0) is 50.6. The number of carbonyl (C=O) groups is 3. The summed E-state index contributed by atoms with van der Waals surface area (Å²) in [4.78, 5) is 48.2. The average molecular weight is 1000 g/mol. The second kappa shape index (κ2) is 22.3. The largest absolute Gasteiger partial charge is 0.372 e. The van der Waals surface area contributed by atoms with Gasteiger partial charge in [-0.25, -0.2) is 14.2 Å². The van der Waals surface area contributed by atoms with Crippen molar-refractivity contribution >= 4 is 57.8 Å². The third-order valence-electron chi connectivity index (χ3n) is 15.9. The number of benzene rings is 3. The Hall–Kier alpha value is -6.18. The SMILES string of the molecule is CC(=O)N1CCc2c(c(N3CCCc4cc(C5=CN(C)NC5)c(C(F)F)cc43)nn2C2CCN(C(=O)CC3CCN(c4ccc(C(N)=O)cc4)CC3)CC2)C1.CN(c1ccc(C#N)c(Cl)c1)C1CCCCC1. The van der Waals surface area contributed by atoms with Crippen LogP contribution in [0.15, 0.2) is 60.8 Å². The highest BCUT2D eigenvalue weighted by atomic mass is 35.5. The molecule has 72 heavy (non-hydrogen) atoms. The number of piperidine rings is 2. The molecule has 0 bridgehead atoms. The number of anilines is 4. The number of hydrazine groups is 1. The number of primary amides is 1. The van der Waals surface area contributed by atoms with Crippen LogP contribution in [-0.2, 0) is 29.0 Å². The predicted octanol–water partition coefficient (Wildman–Crippen LogP) is 9.15. The van der Waals surface area contributed by atoms with Crippen molar-refractivity contribution in [2.24, 2.45) is 11.7 Å². The van der Waals surface area contributed by atoms with Crippen molar-refractivity contribution in [3.63, 3.8) is 0 Å². The quantitative estimate of drug-likeness (QED) is 0.158. The van der Waals surface area contributed by atoms with Crippen LogP contribution in [-0.4, -0.2) is 108 Å². The summed E-state index contributed by atoms with van der Waals surface area (Å²) in [6, 6.07) is 19.5. The number of nitriles is 1. The number of rotatable bonds is 10. The zero-order valence-corrected chi connectivity index (χ0v) is 42.6. The fourth-order valence-electron chi connectivity index (χ4n) is 11.7. The maximum Gasteiger partial charge on any atom is 0.264 e. The first-order valence-electron chi connectivity index (χ1n) is 25.9. The first kappa shape index (κ1) is 50.7. The van der Waals surface area contributed by atoms with Crippen LogP contribution in [0.3, 0.4) is 0 Å². The molecular weight excluding hydrogens is 936 g/mol. The van der Waals surface area contributed by atoms with Gasteiger partial charge < -0.3 is 35.2 Å². The first-order chi connectivity index (χ1) is 34.8. The highest BCUT2D eigenvalue weighted by Crippen LogP contribution is 2.43. The van der Waals surface area contributed by atoms with Gasteiger partial charge in [-0.15, -0.1) is 0 Å². The maximum absolute atomic E-state index is 14.7. The number of aromatic nitrogens is 2. The minimum atomic E-state index is -2.63. The van der Waals surface area contributed by atoms with Crippen LogP contribution >= 0.6 is 11.6 Å². The Morgan fingerprint density at radius 2 is 1.64 bits per heavy atom. The molecule has 3 amide bonds. The van der Waals surface area contributed by atoms with E-state index in [1.165, 1.54) is 32.1 Å². The van der Waals surface area contributed by atoms with E-state index in [0.29, 0.717) is 85.8 Å². The lowest BCUT2D eigenvalue weighted by molar-refractivity contribution is -0.133. The Balaban J connectivity index is 0.000000318. The maximum atomic E-state index is 14.7. The van der Waals surface area contributed by atoms with Gasteiger partial charge in [0.2, 0.25) is 17.7 Å². The summed E-state index contributed by atoms with van der Waals surface area (Å²) in [6.07, 6.45) is 12.1. The topological polar surface area (TPSA) is 150 Å². The number of carbonyl (C=O) groups excluding carboxylic acids is 3. The number of fused-ring (bicyclic) bond motifs is 2. The molecule has 10 rings (SSSR count). The van der Waals surface area contributed by atoms with Gasteiger partial charge in [-0.1, -0.05) is 30.9 Å². The number of nitrogens with two attached hydrogens (primary N) is 1. The molecule has 3 aromatic carbocycles. The van der Waals surface area contributed by atoms with Gasteiger partial charge in [-0.2, -0.15) is 10.4 Å². The van der Waals surface area contributed by atoms with E-state index in [1.807, 2.05) is 53.4 Å². The van der Waals surface area contributed by atoms with Gasteiger partial charge in [0.25, 0.3) is 6.43 Å². The first-order valence-corrected chi connectivity index (χ1v) is 26.2. The molecule has 3 fully saturated rings. The summed E-state index contributed by atoms with van der Waals surface area (Å²) in [5.41, 5.74) is 17.1. The van der Waals surface area contributed by atoms with Gasteiger partial charge in [0.15, 0.2) is 5.82 Å². The van der Waals surface area contributed by atoms with Gasteiger partial charge in [-0.3, -0.25) is 19.1 Å². The molecule has 382 valence electrons. The van der Waals surface area contributed by atoms with Crippen molar-refractivity contribution in [3.05, 3.63) is 105 Å². The lowest BCUT2D eigenvalue weighted by Gasteiger charge is -2.36. The summed E-state index contributed by atoms with van der Waals surface area (Å²) in [5, 5.41) is 16.5. The zero-order valence-electron chi connectivity index (χ0n) is 41.9. The highest BCUT2D eigenvalue weighted by Gasteiger charge is 2.36. The number of amides is 3. The number of alkyl halides is 2. The summed E-state index contributed by atoms with van der Waals surface area (Å²) in [6.45, 7) is 6.83. The Morgan fingerprint density at radius 1 is 0.903 bits per heavy atom. The number of aryl methyl sites for hydroxylation is 1. The lowest BCUT2D eigenvalue weighted by atomic mass is 9.92. The van der Waals surface area contributed by atoms with E-state index in [1.54, 1.807) is 36.2 Å². The van der Waals surface area contributed by atoms with E-state index in [2.05, 4.69) is 37.9 Å². The molecule has 0 atom stereocenters. The third kappa shape index (κ3) is 11.1. The molecule has 0 spiro atoms. The molecule has 3 N–H and O–H groups in total. The van der Waals surface area contributed by atoms with Gasteiger partial charge >= 0.3 is 0 Å². The van der Waals surface area contributed by atoms with Crippen LogP contribution in [0.5, 0.6) is 0 Å². The summed E-state index contributed by atoms with van der Waals surface area (Å²) in [7, 11) is 3.98. The molecule has 2 saturated heterocycles. The fourth-order valence-corrected chi connectivity index (χ4v) is 11.9. The second-order valence-electron chi connectivity index (χ2n) is 20.4. The molecular formula is C55H68ClF2N11O3. The number of nitrogens with one attached hydrogen (secondary N) is 1. The van der Waals surface area contributed by atoms with E-state index in [4.69, 9.17) is 27.7 Å². The normalized spacial score (nSPS) is 18.8. The van der Waals surface area contributed by atoms with Crippen LogP contribution in [0, 0.1) is 17.2 Å². The molecule has 1 saturated carbocycles. The Morgan fingerprint density at radius 3 is 2.28 bits per heavy atom. The fraction of sp³-hybridized carbons (Fsp3) is 0.509. The van der Waals surface area contributed by atoms with E-state index in [0.717, 1.165) is 96.9 Å². The van der Waals surface area contributed by atoms with Crippen molar-refractivity contribution in [1.29, 1.82) is 5.26 Å². The molecule has 0 unspecified atom stereocenters. The summed E-state index contributed by atoms with van der Waals surface area (Å²) in [5.74, 6) is 0.867. The molecule has 6 heterocycles. The number of halogens is 3. The van der Waals surface area contributed by atoms with Crippen molar-refractivity contribution in [2.75, 3.05) is 74.6 Å². The van der Waals surface area contributed by atoms with Crippen LogP contribution in [0.2, 0.25) is 5.02 Å². The van der Waals surface area contributed by atoms with Crippen molar-refractivity contribution < 1.29 is 23.2 Å². The minimum absolute atomic E-state index is 0.00721. The smallest absolute Gasteiger partial charge is 0.264 e.